The fourth-order valence-electron chi connectivity index (χ4n) is 1.96. The summed E-state index contributed by atoms with van der Waals surface area (Å²) >= 11 is 6.85. The average molecular weight is 363 g/mol. The summed E-state index contributed by atoms with van der Waals surface area (Å²) in [7, 11) is 0. The third-order valence-electron chi connectivity index (χ3n) is 2.84. The number of carbonyl (C=O) groups excluding carboxylic acids is 1. The van der Waals surface area contributed by atoms with E-state index >= 15 is 0 Å². The zero-order valence-electron chi connectivity index (χ0n) is 9.20. The first-order valence-corrected chi connectivity index (χ1v) is 7.20. The number of hydrogen-bond acceptors (Lipinski definition) is 2. The zero-order chi connectivity index (χ0) is 12.4. The van der Waals surface area contributed by atoms with Gasteiger partial charge in [-0.3, -0.25) is 4.79 Å². The normalized spacial score (nSPS) is 20.4. The lowest BCUT2D eigenvalue weighted by Crippen LogP contribution is -2.40. The Morgan fingerprint density at radius 1 is 1.47 bits per heavy atom. The number of alkyl halides is 1. The molecule has 1 aliphatic rings. The topological polar surface area (TPSA) is 40.5 Å². The van der Waals surface area contributed by atoms with E-state index in [1.54, 1.807) is 17.0 Å². The van der Waals surface area contributed by atoms with Crippen LogP contribution in [0.15, 0.2) is 22.7 Å². The number of piperidine rings is 1. The van der Waals surface area contributed by atoms with E-state index in [9.17, 15) is 9.90 Å². The van der Waals surface area contributed by atoms with Gasteiger partial charge in [0.1, 0.15) is 5.75 Å². The van der Waals surface area contributed by atoms with E-state index in [2.05, 4.69) is 31.9 Å². The molecule has 0 aliphatic carbocycles. The van der Waals surface area contributed by atoms with Crippen molar-refractivity contribution in [2.75, 3.05) is 13.1 Å². The minimum absolute atomic E-state index is 0.0369. The van der Waals surface area contributed by atoms with Gasteiger partial charge in [-0.25, -0.2) is 0 Å². The van der Waals surface area contributed by atoms with Crippen LogP contribution < -0.4 is 0 Å². The van der Waals surface area contributed by atoms with Gasteiger partial charge in [0, 0.05) is 22.4 Å². The third kappa shape index (κ3) is 3.01. The average Bonchev–Trinajstić information content (AvgIpc) is 2.31. The van der Waals surface area contributed by atoms with Gasteiger partial charge in [-0.1, -0.05) is 31.9 Å². The molecule has 0 bridgehead atoms. The third-order valence-corrected chi connectivity index (χ3v) is 4.08. The monoisotopic (exact) mass is 361 g/mol. The molecule has 0 radical (unpaired) electrons. The first-order valence-electron chi connectivity index (χ1n) is 5.50. The molecule has 0 saturated carbocycles. The first kappa shape index (κ1) is 12.9. The van der Waals surface area contributed by atoms with E-state index < -0.39 is 0 Å². The lowest BCUT2D eigenvalue weighted by Gasteiger charge is -2.30. The molecule has 1 aromatic rings. The van der Waals surface area contributed by atoms with Crippen LogP contribution >= 0.6 is 31.9 Å². The van der Waals surface area contributed by atoms with Crippen molar-refractivity contribution in [1.29, 1.82) is 0 Å². The maximum absolute atomic E-state index is 12.2. The Hall–Kier alpha value is -0.550. The lowest BCUT2D eigenvalue weighted by atomic mass is 10.1. The van der Waals surface area contributed by atoms with Crippen LogP contribution in [0.5, 0.6) is 5.75 Å². The van der Waals surface area contributed by atoms with Crippen LogP contribution in [0.2, 0.25) is 0 Å². The number of likely N-dealkylation sites (tertiary alicyclic amines) is 1. The largest absolute Gasteiger partial charge is 0.507 e. The Labute approximate surface area is 117 Å². The number of aromatic hydroxyl groups is 1. The quantitative estimate of drug-likeness (QED) is 0.779. The van der Waals surface area contributed by atoms with E-state index in [4.69, 9.17) is 0 Å². The molecule has 1 amide bonds. The molecule has 1 heterocycles. The second kappa shape index (κ2) is 5.40. The molecular formula is C12H13Br2NO2. The Kier molecular flexibility index (Phi) is 4.09. The van der Waals surface area contributed by atoms with Gasteiger partial charge in [0.15, 0.2) is 0 Å². The van der Waals surface area contributed by atoms with Crippen LogP contribution in [0.25, 0.3) is 0 Å². The Balaban J connectivity index is 2.21. The standard InChI is InChI=1S/C12H13Br2NO2/c13-8-3-4-11(16)10(6-8)12(17)15-5-1-2-9(14)7-15/h3-4,6,9,16H,1-2,5,7H2. The smallest absolute Gasteiger partial charge is 0.257 e. The molecule has 1 saturated heterocycles. The second-order valence-electron chi connectivity index (χ2n) is 4.15. The molecule has 0 spiro atoms. The molecule has 5 heteroatoms. The van der Waals surface area contributed by atoms with E-state index in [-0.39, 0.29) is 11.7 Å². The summed E-state index contributed by atoms with van der Waals surface area (Å²) in [6.07, 6.45) is 2.09. The molecule has 1 aliphatic heterocycles. The van der Waals surface area contributed by atoms with Crippen LogP contribution in [0, 0.1) is 0 Å². The molecule has 1 aromatic carbocycles. The number of amides is 1. The van der Waals surface area contributed by atoms with Gasteiger partial charge in [-0.05, 0) is 31.0 Å². The van der Waals surface area contributed by atoms with Crippen LogP contribution in [0.4, 0.5) is 0 Å². The van der Waals surface area contributed by atoms with E-state index in [0.717, 1.165) is 23.9 Å². The Morgan fingerprint density at radius 2 is 2.24 bits per heavy atom. The predicted octanol–water partition coefficient (Wildman–Crippen LogP) is 3.15. The van der Waals surface area contributed by atoms with Gasteiger partial charge in [-0.2, -0.15) is 0 Å². The molecule has 3 nitrogen and oxygen atoms in total. The molecule has 2 rings (SSSR count). The van der Waals surface area contributed by atoms with Crippen LogP contribution in [0.3, 0.4) is 0 Å². The number of carbonyl (C=O) groups is 1. The van der Waals surface area contributed by atoms with Crippen molar-refractivity contribution in [1.82, 2.24) is 4.90 Å². The van der Waals surface area contributed by atoms with Gasteiger partial charge in [-0.15, -0.1) is 0 Å². The highest BCUT2D eigenvalue weighted by molar-refractivity contribution is 9.10. The number of nitrogens with zero attached hydrogens (tertiary/aromatic N) is 1. The lowest BCUT2D eigenvalue weighted by molar-refractivity contribution is 0.0727. The van der Waals surface area contributed by atoms with Gasteiger partial charge < -0.3 is 10.0 Å². The van der Waals surface area contributed by atoms with Gasteiger partial charge >= 0.3 is 0 Å². The van der Waals surface area contributed by atoms with Crippen molar-refractivity contribution in [3.63, 3.8) is 0 Å². The summed E-state index contributed by atoms with van der Waals surface area (Å²) in [4.78, 5) is 14.4. The molecule has 1 N–H and O–H groups in total. The van der Waals surface area contributed by atoms with Crippen LogP contribution in [-0.2, 0) is 0 Å². The maximum Gasteiger partial charge on any atom is 0.257 e. The maximum atomic E-state index is 12.2. The molecule has 17 heavy (non-hydrogen) atoms. The summed E-state index contributed by atoms with van der Waals surface area (Å²) in [5.74, 6) is -0.0668. The Morgan fingerprint density at radius 3 is 2.94 bits per heavy atom. The fourth-order valence-corrected chi connectivity index (χ4v) is 2.99. The van der Waals surface area contributed by atoms with E-state index in [0.29, 0.717) is 16.9 Å². The van der Waals surface area contributed by atoms with Crippen molar-refractivity contribution in [3.8, 4) is 5.75 Å². The van der Waals surface area contributed by atoms with Crippen molar-refractivity contribution in [2.45, 2.75) is 17.7 Å². The summed E-state index contributed by atoms with van der Waals surface area (Å²) in [6.45, 7) is 1.46. The van der Waals surface area contributed by atoms with E-state index in [1.165, 1.54) is 6.07 Å². The first-order chi connectivity index (χ1) is 8.08. The summed E-state index contributed by atoms with van der Waals surface area (Å²) in [5, 5.41) is 9.72. The van der Waals surface area contributed by atoms with Crippen molar-refractivity contribution < 1.29 is 9.90 Å². The minimum Gasteiger partial charge on any atom is -0.507 e. The van der Waals surface area contributed by atoms with Crippen molar-refractivity contribution >= 4 is 37.8 Å². The molecular weight excluding hydrogens is 350 g/mol. The number of benzene rings is 1. The van der Waals surface area contributed by atoms with Crippen LogP contribution in [-0.4, -0.2) is 33.8 Å². The number of phenols is 1. The molecule has 1 fully saturated rings. The number of rotatable bonds is 1. The highest BCUT2D eigenvalue weighted by Crippen LogP contribution is 2.25. The van der Waals surface area contributed by atoms with Gasteiger partial charge in [0.2, 0.25) is 0 Å². The molecule has 1 atom stereocenters. The predicted molar refractivity (Wildman–Crippen MR) is 73.7 cm³/mol. The molecule has 1 unspecified atom stereocenters. The van der Waals surface area contributed by atoms with Crippen molar-refractivity contribution in [3.05, 3.63) is 28.2 Å². The van der Waals surface area contributed by atoms with Crippen molar-refractivity contribution in [2.24, 2.45) is 0 Å². The van der Waals surface area contributed by atoms with Gasteiger partial charge in [0.05, 0.1) is 5.56 Å². The second-order valence-corrected chi connectivity index (χ2v) is 6.36. The van der Waals surface area contributed by atoms with E-state index in [1.807, 2.05) is 0 Å². The minimum atomic E-state index is -0.104. The summed E-state index contributed by atoms with van der Waals surface area (Å²) in [6, 6.07) is 4.91. The van der Waals surface area contributed by atoms with Gasteiger partial charge in [0.25, 0.3) is 5.91 Å². The fraction of sp³-hybridized carbons (Fsp3) is 0.417. The Bertz CT molecular complexity index is 437. The number of halogens is 2. The number of phenolic OH excluding ortho intramolecular Hbond substituents is 1. The summed E-state index contributed by atoms with van der Waals surface area (Å²) < 4.78 is 0.797. The molecule has 0 aromatic heterocycles. The summed E-state index contributed by atoms with van der Waals surface area (Å²) in [5.41, 5.74) is 0.362. The van der Waals surface area contributed by atoms with Crippen LogP contribution in [0.1, 0.15) is 23.2 Å². The highest BCUT2D eigenvalue weighted by atomic mass is 79.9. The number of hydrogen-bond donors (Lipinski definition) is 1. The zero-order valence-corrected chi connectivity index (χ0v) is 12.4. The molecule has 92 valence electrons. The highest BCUT2D eigenvalue weighted by Gasteiger charge is 2.24. The SMILES string of the molecule is O=C(c1cc(Br)ccc1O)N1CCCC(Br)C1.